The molecule has 170 valence electrons. The SMILES string of the molecule is CCN(C(=O)O)c1ccc(N2CCC[C@]3(CCN([C@H]4CC[C@H](O)CC4)C3=O)C2)cc1C. The van der Waals surface area contributed by atoms with E-state index in [0.717, 1.165) is 75.8 Å². The van der Waals surface area contributed by atoms with E-state index in [1.807, 2.05) is 26.0 Å². The third kappa shape index (κ3) is 4.12. The summed E-state index contributed by atoms with van der Waals surface area (Å²) in [5.41, 5.74) is 2.40. The van der Waals surface area contributed by atoms with Crippen LogP contribution in [0.15, 0.2) is 18.2 Å². The molecular formula is C24H35N3O4. The molecule has 0 unspecified atom stereocenters. The van der Waals surface area contributed by atoms with Crippen LogP contribution in [0.1, 0.15) is 57.4 Å². The zero-order valence-corrected chi connectivity index (χ0v) is 18.7. The Hall–Kier alpha value is -2.28. The average Bonchev–Trinajstić information content (AvgIpc) is 3.05. The molecule has 2 amide bonds. The molecule has 1 aromatic carbocycles. The predicted molar refractivity (Wildman–Crippen MR) is 121 cm³/mol. The van der Waals surface area contributed by atoms with E-state index in [4.69, 9.17) is 0 Å². The lowest BCUT2D eigenvalue weighted by Crippen LogP contribution is -2.50. The summed E-state index contributed by atoms with van der Waals surface area (Å²) in [6.07, 6.45) is 5.09. The monoisotopic (exact) mass is 429 g/mol. The molecule has 0 aromatic heterocycles. The van der Waals surface area contributed by atoms with Gasteiger partial charge < -0.3 is 20.0 Å². The summed E-state index contributed by atoms with van der Waals surface area (Å²) in [6, 6.07) is 6.22. The summed E-state index contributed by atoms with van der Waals surface area (Å²) < 4.78 is 0. The summed E-state index contributed by atoms with van der Waals surface area (Å²) in [5.74, 6) is 0.301. The number of hydrogen-bond donors (Lipinski definition) is 2. The summed E-state index contributed by atoms with van der Waals surface area (Å²) in [5, 5.41) is 19.3. The number of benzene rings is 1. The minimum atomic E-state index is -0.942. The average molecular weight is 430 g/mol. The number of hydrogen-bond acceptors (Lipinski definition) is 4. The van der Waals surface area contributed by atoms with E-state index < -0.39 is 6.09 Å². The number of carboxylic acid groups (broad SMARTS) is 1. The Morgan fingerprint density at radius 2 is 1.94 bits per heavy atom. The summed E-state index contributed by atoms with van der Waals surface area (Å²) in [4.78, 5) is 30.8. The zero-order chi connectivity index (χ0) is 22.2. The highest BCUT2D eigenvalue weighted by molar-refractivity contribution is 5.88. The smallest absolute Gasteiger partial charge is 0.411 e. The normalized spacial score (nSPS) is 28.9. The number of carbonyl (C=O) groups excluding carboxylic acids is 1. The van der Waals surface area contributed by atoms with Gasteiger partial charge in [0.2, 0.25) is 5.91 Å². The van der Waals surface area contributed by atoms with Crippen LogP contribution in [0.2, 0.25) is 0 Å². The van der Waals surface area contributed by atoms with Crippen LogP contribution in [0.5, 0.6) is 0 Å². The predicted octanol–water partition coefficient (Wildman–Crippen LogP) is 3.62. The van der Waals surface area contributed by atoms with Crippen molar-refractivity contribution in [3.05, 3.63) is 23.8 Å². The Balaban J connectivity index is 1.49. The molecular weight excluding hydrogens is 394 g/mol. The number of aryl methyl sites for hydroxylation is 1. The molecule has 2 aliphatic heterocycles. The molecule has 3 fully saturated rings. The van der Waals surface area contributed by atoms with Gasteiger partial charge in [0.25, 0.3) is 0 Å². The summed E-state index contributed by atoms with van der Waals surface area (Å²) in [6.45, 7) is 6.66. The summed E-state index contributed by atoms with van der Waals surface area (Å²) in [7, 11) is 0. The van der Waals surface area contributed by atoms with Gasteiger partial charge in [-0.3, -0.25) is 9.69 Å². The maximum atomic E-state index is 13.5. The van der Waals surface area contributed by atoms with Gasteiger partial charge in [0.15, 0.2) is 0 Å². The Morgan fingerprint density at radius 1 is 1.19 bits per heavy atom. The molecule has 1 aliphatic carbocycles. The van der Waals surface area contributed by atoms with Crippen LogP contribution in [0.4, 0.5) is 16.2 Å². The number of nitrogens with zero attached hydrogens (tertiary/aromatic N) is 3. The first kappa shape index (κ1) is 21.9. The number of piperidine rings is 1. The molecule has 4 rings (SSSR count). The molecule has 1 aromatic rings. The molecule has 7 heteroatoms. The highest BCUT2D eigenvalue weighted by Gasteiger charge is 2.50. The Labute approximate surface area is 184 Å². The minimum Gasteiger partial charge on any atom is -0.465 e. The Bertz CT molecular complexity index is 836. The van der Waals surface area contributed by atoms with Gasteiger partial charge in [-0.15, -0.1) is 0 Å². The van der Waals surface area contributed by atoms with Crippen molar-refractivity contribution in [1.29, 1.82) is 0 Å². The van der Waals surface area contributed by atoms with Crippen molar-refractivity contribution in [2.45, 2.75) is 70.9 Å². The Kier molecular flexibility index (Phi) is 6.15. The van der Waals surface area contributed by atoms with Gasteiger partial charge in [-0.05, 0) is 82.6 Å². The van der Waals surface area contributed by atoms with Crippen LogP contribution in [0.3, 0.4) is 0 Å². The fourth-order valence-corrected chi connectivity index (χ4v) is 5.84. The van der Waals surface area contributed by atoms with Crippen LogP contribution in [-0.2, 0) is 4.79 Å². The van der Waals surface area contributed by atoms with Gasteiger partial charge in [0, 0.05) is 37.9 Å². The number of aliphatic hydroxyl groups excluding tert-OH is 1. The largest absolute Gasteiger partial charge is 0.465 e. The van der Waals surface area contributed by atoms with Crippen molar-refractivity contribution in [3.8, 4) is 0 Å². The second-order valence-electron chi connectivity index (χ2n) is 9.51. The van der Waals surface area contributed by atoms with Crippen molar-refractivity contribution in [2.24, 2.45) is 5.41 Å². The summed E-state index contributed by atoms with van der Waals surface area (Å²) >= 11 is 0. The number of carbonyl (C=O) groups is 2. The maximum Gasteiger partial charge on any atom is 0.411 e. The molecule has 1 saturated carbocycles. The lowest BCUT2D eigenvalue weighted by atomic mass is 9.78. The van der Waals surface area contributed by atoms with E-state index in [1.165, 1.54) is 4.90 Å². The first-order chi connectivity index (χ1) is 14.8. The van der Waals surface area contributed by atoms with Gasteiger partial charge >= 0.3 is 6.09 Å². The molecule has 1 spiro atoms. The van der Waals surface area contributed by atoms with Crippen LogP contribution >= 0.6 is 0 Å². The molecule has 0 bridgehead atoms. The molecule has 2 N–H and O–H groups in total. The van der Waals surface area contributed by atoms with Gasteiger partial charge in [0.05, 0.1) is 17.2 Å². The van der Waals surface area contributed by atoms with Crippen molar-refractivity contribution in [2.75, 3.05) is 36.0 Å². The van der Waals surface area contributed by atoms with Crippen molar-refractivity contribution < 1.29 is 19.8 Å². The standard InChI is InChI=1S/C24H35N3O4/c1-3-26(23(30)31)21-10-7-19(15-17(21)2)25-13-4-11-24(16-25)12-14-27(22(24)29)18-5-8-20(28)9-6-18/h7,10,15,18,20,28H,3-6,8-9,11-14,16H2,1-2H3,(H,30,31)/t18-,20-,24-/m0/s1. The number of amides is 2. The third-order valence-corrected chi connectivity index (χ3v) is 7.61. The highest BCUT2D eigenvalue weighted by Crippen LogP contribution is 2.43. The topological polar surface area (TPSA) is 84.3 Å². The van der Waals surface area contributed by atoms with Crippen LogP contribution in [0.25, 0.3) is 0 Å². The second kappa shape index (κ2) is 8.69. The number of anilines is 2. The molecule has 2 saturated heterocycles. The van der Waals surface area contributed by atoms with Gasteiger partial charge in [-0.1, -0.05) is 0 Å². The first-order valence-electron chi connectivity index (χ1n) is 11.7. The van der Waals surface area contributed by atoms with Gasteiger partial charge in [-0.2, -0.15) is 0 Å². The van der Waals surface area contributed by atoms with Crippen LogP contribution < -0.4 is 9.80 Å². The molecule has 0 radical (unpaired) electrons. The van der Waals surface area contributed by atoms with Gasteiger partial charge in [0.1, 0.15) is 0 Å². The van der Waals surface area contributed by atoms with E-state index in [-0.39, 0.29) is 17.6 Å². The molecule has 3 aliphatic rings. The van der Waals surface area contributed by atoms with E-state index in [2.05, 4.69) is 15.9 Å². The van der Waals surface area contributed by atoms with E-state index in [0.29, 0.717) is 18.1 Å². The third-order valence-electron chi connectivity index (χ3n) is 7.61. The van der Waals surface area contributed by atoms with Crippen molar-refractivity contribution in [1.82, 2.24) is 4.90 Å². The molecule has 31 heavy (non-hydrogen) atoms. The number of rotatable bonds is 4. The maximum absolute atomic E-state index is 13.5. The van der Waals surface area contributed by atoms with Gasteiger partial charge in [-0.25, -0.2) is 4.79 Å². The van der Waals surface area contributed by atoms with Crippen molar-refractivity contribution in [3.63, 3.8) is 0 Å². The number of aliphatic hydroxyl groups is 1. The zero-order valence-electron chi connectivity index (χ0n) is 18.7. The molecule has 7 nitrogen and oxygen atoms in total. The lowest BCUT2D eigenvalue weighted by molar-refractivity contribution is -0.139. The van der Waals surface area contributed by atoms with Crippen molar-refractivity contribution >= 4 is 23.4 Å². The van der Waals surface area contributed by atoms with Crippen LogP contribution in [0, 0.1) is 12.3 Å². The molecule has 1 atom stereocenters. The van der Waals surface area contributed by atoms with E-state index in [1.54, 1.807) is 0 Å². The minimum absolute atomic E-state index is 0.205. The first-order valence-corrected chi connectivity index (χ1v) is 11.7. The Morgan fingerprint density at radius 3 is 2.58 bits per heavy atom. The van der Waals surface area contributed by atoms with Crippen LogP contribution in [-0.4, -0.2) is 65.4 Å². The highest BCUT2D eigenvalue weighted by atomic mass is 16.4. The quantitative estimate of drug-likeness (QED) is 0.764. The fourth-order valence-electron chi connectivity index (χ4n) is 5.84. The second-order valence-corrected chi connectivity index (χ2v) is 9.51. The van der Waals surface area contributed by atoms with E-state index >= 15 is 0 Å². The fraction of sp³-hybridized carbons (Fsp3) is 0.667. The van der Waals surface area contributed by atoms with E-state index in [9.17, 15) is 19.8 Å². The number of likely N-dealkylation sites (tertiary alicyclic amines) is 1. The lowest BCUT2D eigenvalue weighted by Gasteiger charge is -2.41. The molecule has 2 heterocycles.